The van der Waals surface area contributed by atoms with Gasteiger partial charge in [-0.05, 0) is 95.8 Å². The minimum absolute atomic E-state index is 0.0588. The molecule has 1 aliphatic rings. The second-order valence-corrected chi connectivity index (χ2v) is 10.2. The first-order valence-corrected chi connectivity index (χ1v) is 13.0. The number of thiocarbonyl (C=S) groups is 1. The standard InChI is InChI=1S/C26H32BrN3O3S/c1-17(2)14-15-33-23-13-10-19(16-22(23)27)25(32)30-26(34)29-21-11-8-18(9-12-21)24(31)28-20-6-4-3-5-7-20/h8-13,16-17,20H,3-7,14-15H2,1-2H3,(H,28,31)(H2,29,30,32,34). The molecule has 2 aromatic carbocycles. The van der Waals surface area contributed by atoms with Crippen LogP contribution >= 0.6 is 28.1 Å². The van der Waals surface area contributed by atoms with Crippen molar-refractivity contribution in [1.29, 1.82) is 0 Å². The molecule has 1 saturated carbocycles. The van der Waals surface area contributed by atoms with E-state index in [0.717, 1.165) is 19.3 Å². The Morgan fingerprint density at radius 1 is 1.03 bits per heavy atom. The number of nitrogens with one attached hydrogen (secondary N) is 3. The monoisotopic (exact) mass is 545 g/mol. The lowest BCUT2D eigenvalue weighted by Gasteiger charge is -2.22. The second-order valence-electron chi connectivity index (χ2n) is 8.97. The molecule has 0 aromatic heterocycles. The Labute approximate surface area is 215 Å². The number of halogens is 1. The summed E-state index contributed by atoms with van der Waals surface area (Å²) in [5.74, 6) is 0.879. The quantitative estimate of drug-likeness (QED) is 0.351. The van der Waals surface area contributed by atoms with E-state index in [2.05, 4.69) is 45.7 Å². The van der Waals surface area contributed by atoms with Crippen LogP contribution in [0.3, 0.4) is 0 Å². The number of carbonyl (C=O) groups is 2. The molecule has 0 radical (unpaired) electrons. The van der Waals surface area contributed by atoms with Crippen LogP contribution in [0.25, 0.3) is 0 Å². The van der Waals surface area contributed by atoms with Crippen LogP contribution in [0.15, 0.2) is 46.9 Å². The third-order valence-electron chi connectivity index (χ3n) is 5.72. The molecule has 2 amide bonds. The van der Waals surface area contributed by atoms with Gasteiger partial charge in [0.1, 0.15) is 5.75 Å². The molecule has 182 valence electrons. The molecule has 0 aliphatic heterocycles. The Morgan fingerprint density at radius 3 is 2.35 bits per heavy atom. The van der Waals surface area contributed by atoms with E-state index >= 15 is 0 Å². The van der Waals surface area contributed by atoms with E-state index < -0.39 is 0 Å². The van der Waals surface area contributed by atoms with E-state index in [9.17, 15) is 9.59 Å². The minimum atomic E-state index is -0.324. The lowest BCUT2D eigenvalue weighted by atomic mass is 9.95. The Balaban J connectivity index is 1.49. The maximum absolute atomic E-state index is 12.6. The predicted octanol–water partition coefficient (Wildman–Crippen LogP) is 6.06. The highest BCUT2D eigenvalue weighted by Crippen LogP contribution is 2.26. The van der Waals surface area contributed by atoms with Crippen LogP contribution in [0.5, 0.6) is 5.75 Å². The largest absolute Gasteiger partial charge is 0.492 e. The molecule has 0 atom stereocenters. The number of hydrogen-bond acceptors (Lipinski definition) is 4. The fourth-order valence-electron chi connectivity index (χ4n) is 3.72. The number of carbonyl (C=O) groups excluding carboxylic acids is 2. The number of benzene rings is 2. The number of anilines is 1. The van der Waals surface area contributed by atoms with Gasteiger partial charge in [-0.1, -0.05) is 33.1 Å². The van der Waals surface area contributed by atoms with Crippen molar-refractivity contribution in [3.05, 3.63) is 58.1 Å². The number of amides is 2. The molecular formula is C26H32BrN3O3S. The van der Waals surface area contributed by atoms with Gasteiger partial charge in [0.25, 0.3) is 11.8 Å². The van der Waals surface area contributed by atoms with E-state index in [4.69, 9.17) is 17.0 Å². The van der Waals surface area contributed by atoms with Crippen molar-refractivity contribution >= 4 is 50.8 Å². The van der Waals surface area contributed by atoms with Crippen molar-refractivity contribution in [2.45, 2.75) is 58.4 Å². The van der Waals surface area contributed by atoms with E-state index in [1.165, 1.54) is 19.3 Å². The fraction of sp³-hybridized carbons (Fsp3) is 0.423. The Hall–Kier alpha value is -2.45. The Bertz CT molecular complexity index is 1000. The van der Waals surface area contributed by atoms with Crippen LogP contribution < -0.4 is 20.7 Å². The normalized spacial score (nSPS) is 13.9. The molecule has 0 heterocycles. The molecule has 6 nitrogen and oxygen atoms in total. The molecule has 0 saturated heterocycles. The zero-order valence-electron chi connectivity index (χ0n) is 19.7. The van der Waals surface area contributed by atoms with E-state index in [1.807, 2.05) is 0 Å². The summed E-state index contributed by atoms with van der Waals surface area (Å²) in [7, 11) is 0. The molecule has 8 heteroatoms. The lowest BCUT2D eigenvalue weighted by Crippen LogP contribution is -2.36. The molecule has 3 rings (SSSR count). The summed E-state index contributed by atoms with van der Waals surface area (Å²) in [5, 5.41) is 8.96. The van der Waals surface area contributed by atoms with Gasteiger partial charge in [0.15, 0.2) is 5.11 Å². The van der Waals surface area contributed by atoms with E-state index in [0.29, 0.717) is 39.6 Å². The molecule has 1 fully saturated rings. The summed E-state index contributed by atoms with van der Waals surface area (Å²) in [6, 6.07) is 12.5. The zero-order valence-corrected chi connectivity index (χ0v) is 22.1. The summed E-state index contributed by atoms with van der Waals surface area (Å²) >= 11 is 8.75. The maximum atomic E-state index is 12.6. The summed E-state index contributed by atoms with van der Waals surface area (Å²) in [4.78, 5) is 25.1. The van der Waals surface area contributed by atoms with Gasteiger partial charge in [-0.2, -0.15) is 0 Å². The second kappa shape index (κ2) is 12.9. The first-order chi connectivity index (χ1) is 16.3. The Kier molecular flexibility index (Phi) is 9.89. The van der Waals surface area contributed by atoms with Gasteiger partial charge in [0, 0.05) is 22.9 Å². The highest BCUT2D eigenvalue weighted by atomic mass is 79.9. The Morgan fingerprint density at radius 2 is 1.71 bits per heavy atom. The SMILES string of the molecule is CC(C)CCOc1ccc(C(=O)NC(=S)Nc2ccc(C(=O)NC3CCCCC3)cc2)cc1Br. The predicted molar refractivity (Wildman–Crippen MR) is 144 cm³/mol. The third-order valence-corrected chi connectivity index (χ3v) is 6.54. The van der Waals surface area contributed by atoms with Gasteiger partial charge < -0.3 is 15.4 Å². The van der Waals surface area contributed by atoms with Crippen molar-refractivity contribution in [3.8, 4) is 5.75 Å². The topological polar surface area (TPSA) is 79.5 Å². The van der Waals surface area contributed by atoms with Gasteiger partial charge in [0.05, 0.1) is 11.1 Å². The summed E-state index contributed by atoms with van der Waals surface area (Å²) in [6.45, 7) is 4.91. The smallest absolute Gasteiger partial charge is 0.257 e. The highest BCUT2D eigenvalue weighted by Gasteiger charge is 2.17. The first kappa shape index (κ1) is 26.2. The summed E-state index contributed by atoms with van der Waals surface area (Å²) in [6.07, 6.45) is 6.64. The maximum Gasteiger partial charge on any atom is 0.257 e. The van der Waals surface area contributed by atoms with Crippen LogP contribution in [0.2, 0.25) is 0 Å². The number of rotatable bonds is 8. The molecule has 3 N–H and O–H groups in total. The first-order valence-electron chi connectivity index (χ1n) is 11.8. The van der Waals surface area contributed by atoms with Crippen molar-refractivity contribution in [1.82, 2.24) is 10.6 Å². The fourth-order valence-corrected chi connectivity index (χ4v) is 4.43. The van der Waals surface area contributed by atoms with Gasteiger partial charge in [-0.15, -0.1) is 0 Å². The van der Waals surface area contributed by atoms with Crippen molar-refractivity contribution in [3.63, 3.8) is 0 Å². The molecule has 2 aromatic rings. The van der Waals surface area contributed by atoms with Gasteiger partial charge >= 0.3 is 0 Å². The van der Waals surface area contributed by atoms with Crippen LogP contribution in [0.1, 0.15) is 73.1 Å². The minimum Gasteiger partial charge on any atom is -0.492 e. The van der Waals surface area contributed by atoms with Gasteiger partial charge in [-0.25, -0.2) is 0 Å². The van der Waals surface area contributed by atoms with Crippen LogP contribution in [-0.4, -0.2) is 29.6 Å². The number of hydrogen-bond donors (Lipinski definition) is 3. The molecule has 0 bridgehead atoms. The molecular weight excluding hydrogens is 514 g/mol. The average molecular weight is 547 g/mol. The molecule has 0 spiro atoms. The zero-order chi connectivity index (χ0) is 24.5. The van der Waals surface area contributed by atoms with Crippen molar-refractivity contribution in [2.24, 2.45) is 5.92 Å². The average Bonchev–Trinajstić information content (AvgIpc) is 2.81. The van der Waals surface area contributed by atoms with Gasteiger partial charge in [0.2, 0.25) is 0 Å². The molecule has 34 heavy (non-hydrogen) atoms. The number of ether oxygens (including phenoxy) is 1. The van der Waals surface area contributed by atoms with E-state index in [1.54, 1.807) is 42.5 Å². The van der Waals surface area contributed by atoms with Crippen LogP contribution in [0, 0.1) is 5.92 Å². The third kappa shape index (κ3) is 8.09. The summed E-state index contributed by atoms with van der Waals surface area (Å²) in [5.41, 5.74) is 1.75. The molecule has 1 aliphatic carbocycles. The summed E-state index contributed by atoms with van der Waals surface area (Å²) < 4.78 is 6.48. The lowest BCUT2D eigenvalue weighted by molar-refractivity contribution is 0.0926. The van der Waals surface area contributed by atoms with Crippen LogP contribution in [0.4, 0.5) is 5.69 Å². The van der Waals surface area contributed by atoms with Crippen molar-refractivity contribution in [2.75, 3.05) is 11.9 Å². The van der Waals surface area contributed by atoms with Crippen LogP contribution in [-0.2, 0) is 0 Å². The molecule has 0 unspecified atom stereocenters. The highest BCUT2D eigenvalue weighted by molar-refractivity contribution is 9.10. The van der Waals surface area contributed by atoms with Gasteiger partial charge in [-0.3, -0.25) is 14.9 Å². The van der Waals surface area contributed by atoms with E-state index in [-0.39, 0.29) is 23.0 Å². The van der Waals surface area contributed by atoms with Crippen molar-refractivity contribution < 1.29 is 14.3 Å².